The molecule has 3 heteroatoms. The number of hydrogen-bond donors (Lipinski definition) is 0. The fourth-order valence-corrected chi connectivity index (χ4v) is 30.7. The zero-order chi connectivity index (χ0) is 63.3. The molecule has 35 rings (SSSR count). The first-order valence-corrected chi connectivity index (χ1v) is 40.3. The SMILES string of the molecule is CCCCCCCCCCCCOc1cc(CN2CC34c5c6c7c8c9c%10c(c%11c%12c3c3c5c5c%13c6c6c7c7c9c9c%14c%10c%10c%11c%11c%12c%12c3c3c5c5c%13c%13c6c6c7c9c7c9c%14c%10c%10c%11c%11c%12c3c3c5c5c%13c6c7c6c9c%10c%11c3c56)C84C2C2=C=CC=C2)cc(OCCCCCCCCCCCC)c1. The number of rotatable bonds is 27. The first kappa shape index (κ1) is 48.3. The second-order valence-corrected chi connectivity index (χ2v) is 35.8. The molecule has 0 aromatic heterocycles. The van der Waals surface area contributed by atoms with Gasteiger partial charge in [0.05, 0.1) is 30.1 Å². The monoisotopic (exact) mass is 1280 g/mol. The number of nitrogens with zero attached hydrogens (tertiary/aromatic N) is 1. The van der Waals surface area contributed by atoms with E-state index >= 15 is 0 Å². The summed E-state index contributed by atoms with van der Waals surface area (Å²) in [6.07, 6.45) is 33.6. The lowest BCUT2D eigenvalue weighted by Gasteiger charge is -2.52. The van der Waals surface area contributed by atoms with Crippen molar-refractivity contribution in [3.8, 4) is 11.5 Å². The third-order valence-corrected chi connectivity index (χ3v) is 32.6. The van der Waals surface area contributed by atoms with Gasteiger partial charge in [-0.25, -0.2) is 0 Å². The Morgan fingerprint density at radius 3 is 0.812 bits per heavy atom. The van der Waals surface area contributed by atoms with Gasteiger partial charge in [-0.1, -0.05) is 135 Å². The lowest BCUT2D eigenvalue weighted by molar-refractivity contribution is 0.247. The molecule has 1 unspecified atom stereocenters. The molecule has 6 aliphatic rings. The molecule has 470 valence electrons. The van der Waals surface area contributed by atoms with Gasteiger partial charge >= 0.3 is 0 Å². The van der Waals surface area contributed by atoms with Gasteiger partial charge in [0.15, 0.2) is 0 Å². The van der Waals surface area contributed by atoms with E-state index in [1.807, 2.05) is 0 Å². The lowest BCUT2D eigenvalue weighted by atomic mass is 9.47. The van der Waals surface area contributed by atoms with Crippen molar-refractivity contribution in [1.82, 2.24) is 4.90 Å². The topological polar surface area (TPSA) is 21.7 Å². The van der Waals surface area contributed by atoms with Crippen LogP contribution in [-0.4, -0.2) is 30.7 Å². The minimum absolute atomic E-state index is 0.000447. The molecule has 0 N–H and O–H groups in total. The molecule has 5 aliphatic carbocycles. The summed E-state index contributed by atoms with van der Waals surface area (Å²) in [6, 6.07) is 7.22. The maximum absolute atomic E-state index is 7.08. The summed E-state index contributed by atoms with van der Waals surface area (Å²) in [5, 5.41) is 89.6. The van der Waals surface area contributed by atoms with Crippen LogP contribution in [0.2, 0.25) is 0 Å². The van der Waals surface area contributed by atoms with E-state index in [1.165, 1.54) is 127 Å². The van der Waals surface area contributed by atoms with Crippen LogP contribution in [0, 0.1) is 0 Å². The van der Waals surface area contributed by atoms with Crippen LogP contribution < -0.4 is 9.47 Å². The second-order valence-electron chi connectivity index (χ2n) is 35.8. The van der Waals surface area contributed by atoms with Crippen molar-refractivity contribution in [3.63, 3.8) is 0 Å². The van der Waals surface area contributed by atoms with E-state index in [9.17, 15) is 0 Å². The van der Waals surface area contributed by atoms with E-state index < -0.39 is 10.8 Å². The maximum atomic E-state index is 7.08. The first-order valence-electron chi connectivity index (χ1n) is 40.3. The normalized spacial score (nSPS) is 20.6. The fraction of sp³-hybridized carbons (Fsp3) is 0.296. The Morgan fingerprint density at radius 1 is 0.307 bits per heavy atom. The summed E-state index contributed by atoms with van der Waals surface area (Å²) in [4.78, 5) is 3.12. The smallest absolute Gasteiger partial charge is 0.123 e. The predicted octanol–water partition coefficient (Wildman–Crippen LogP) is 27.4. The molecule has 1 fully saturated rings. The number of likely N-dealkylation sites (tertiary alicyclic amines) is 1. The molecule has 29 aromatic carbocycles. The quantitative estimate of drug-likeness (QED) is 0.0291. The van der Waals surface area contributed by atoms with Crippen molar-refractivity contribution >= 4 is 291 Å². The van der Waals surface area contributed by atoms with Gasteiger partial charge in [0.2, 0.25) is 0 Å². The van der Waals surface area contributed by atoms with E-state index in [2.05, 4.69) is 60.9 Å². The van der Waals surface area contributed by atoms with Gasteiger partial charge in [-0.05, 0) is 356 Å². The Labute approximate surface area is 574 Å². The summed E-state index contributed by atoms with van der Waals surface area (Å²) in [7, 11) is 0. The Balaban J connectivity index is 0.682. The number of hydrogen-bond acceptors (Lipinski definition) is 3. The Kier molecular flexibility index (Phi) is 6.70. The molecule has 2 spiro atoms. The lowest BCUT2D eigenvalue weighted by Crippen LogP contribution is -2.55. The maximum Gasteiger partial charge on any atom is 0.123 e. The molecule has 0 bridgehead atoms. The van der Waals surface area contributed by atoms with Gasteiger partial charge in [0, 0.05) is 24.7 Å². The summed E-state index contributed by atoms with van der Waals surface area (Å²) < 4.78 is 14.2. The highest BCUT2D eigenvalue weighted by Crippen LogP contribution is 2.86. The highest BCUT2D eigenvalue weighted by Gasteiger charge is 2.76. The van der Waals surface area contributed by atoms with Crippen LogP contribution in [0.1, 0.15) is 170 Å². The minimum atomic E-state index is -0.457. The van der Waals surface area contributed by atoms with Crippen molar-refractivity contribution in [2.75, 3.05) is 19.8 Å². The Hall–Kier alpha value is -9.50. The number of ether oxygens (including phenoxy) is 2. The van der Waals surface area contributed by atoms with E-state index in [0.717, 1.165) is 50.6 Å². The molecule has 0 amide bonds. The third-order valence-electron chi connectivity index (χ3n) is 32.6. The van der Waals surface area contributed by atoms with Crippen LogP contribution >= 0.6 is 0 Å². The van der Waals surface area contributed by atoms with Crippen LogP contribution in [0.3, 0.4) is 0 Å². The van der Waals surface area contributed by atoms with Crippen molar-refractivity contribution < 1.29 is 9.47 Å². The van der Waals surface area contributed by atoms with E-state index in [0.29, 0.717) is 0 Å². The molecular formula is C98H61NO2. The third kappa shape index (κ3) is 3.81. The van der Waals surface area contributed by atoms with Crippen molar-refractivity contribution in [3.05, 3.63) is 75.5 Å². The average Bonchev–Trinajstić information content (AvgIpc) is 1.38. The highest BCUT2D eigenvalue weighted by atomic mass is 16.5. The summed E-state index contributed by atoms with van der Waals surface area (Å²) >= 11 is 0. The molecule has 1 atom stereocenters. The molecule has 0 saturated carbocycles. The minimum Gasteiger partial charge on any atom is -0.493 e. The van der Waals surface area contributed by atoms with Gasteiger partial charge in [0.25, 0.3) is 0 Å². The molecule has 1 saturated heterocycles. The molecule has 101 heavy (non-hydrogen) atoms. The Bertz CT molecular complexity index is 8150. The van der Waals surface area contributed by atoms with E-state index in [4.69, 9.17) is 9.47 Å². The number of benzene rings is 19. The van der Waals surface area contributed by atoms with Gasteiger partial charge in [-0.15, -0.1) is 5.73 Å². The van der Waals surface area contributed by atoms with Gasteiger partial charge in [-0.3, -0.25) is 4.90 Å². The van der Waals surface area contributed by atoms with Gasteiger partial charge in [-0.2, -0.15) is 0 Å². The van der Waals surface area contributed by atoms with Crippen LogP contribution in [0.15, 0.2) is 47.7 Å². The van der Waals surface area contributed by atoms with Gasteiger partial charge < -0.3 is 9.47 Å². The summed E-state index contributed by atoms with van der Waals surface area (Å²) in [5.41, 5.74) is 13.0. The van der Waals surface area contributed by atoms with Crippen LogP contribution in [0.25, 0.3) is 291 Å². The Morgan fingerprint density at radius 2 is 0.554 bits per heavy atom. The second kappa shape index (κ2) is 14.0. The highest BCUT2D eigenvalue weighted by molar-refractivity contribution is 6.82. The van der Waals surface area contributed by atoms with Crippen LogP contribution in [-0.2, 0) is 17.4 Å². The first-order chi connectivity index (χ1) is 50.3. The molecule has 0 radical (unpaired) electrons. The van der Waals surface area contributed by atoms with Crippen molar-refractivity contribution in [2.45, 2.75) is 166 Å². The molecule has 29 aromatic rings. The van der Waals surface area contributed by atoms with Crippen LogP contribution in [0.5, 0.6) is 11.5 Å². The molecule has 1 aliphatic heterocycles. The zero-order valence-corrected chi connectivity index (χ0v) is 56.8. The largest absolute Gasteiger partial charge is 0.493 e. The molecule has 1 heterocycles. The fourth-order valence-electron chi connectivity index (χ4n) is 30.7. The van der Waals surface area contributed by atoms with Gasteiger partial charge in [0.1, 0.15) is 11.5 Å². The van der Waals surface area contributed by atoms with Crippen molar-refractivity contribution in [1.29, 1.82) is 0 Å². The molecule has 3 nitrogen and oxygen atoms in total. The van der Waals surface area contributed by atoms with E-state index in [-0.39, 0.29) is 6.04 Å². The summed E-state index contributed by atoms with van der Waals surface area (Å²) in [5.74, 6) is 1.97. The summed E-state index contributed by atoms with van der Waals surface area (Å²) in [6.45, 7) is 7.90. The predicted molar refractivity (Wildman–Crippen MR) is 430 cm³/mol. The number of unbranched alkanes of at least 4 members (excludes halogenated alkanes) is 18. The number of allylic oxidation sites excluding steroid dienone is 1. The molecular weight excluding hydrogens is 1220 g/mol. The average molecular weight is 1280 g/mol. The zero-order valence-electron chi connectivity index (χ0n) is 56.8. The van der Waals surface area contributed by atoms with Crippen molar-refractivity contribution in [2.24, 2.45) is 0 Å². The van der Waals surface area contributed by atoms with Crippen LogP contribution in [0.4, 0.5) is 0 Å². The van der Waals surface area contributed by atoms with E-state index in [1.54, 1.807) is 313 Å². The standard InChI is InChI=1S/C98H61NO2/c1-3-5-7-9-11-13-15-17-19-23-27-100-36-29-34(30-37(31-36)101-28-24-20-18-16-14-12-10-8-6-4-2)32-99-33-97-92-84-76-66-56-48-40-38-39-42-46-44(40)52-60-54(46)64-58-50(42)51-43(39)47-45-41(38)49(48)57-63-53(45)61-55(47)65-59(51)69-68(58)80-74(64)82-72(60)78(70(76)62(52)56)86(92)88(82)94-90(80)91-81(69)75(65)83-73(61)79-71(63)77(67(57)66)85(84)93(97)87(79)89(83)95(91)98(94,97)96(99)35-25-21-22-26-35/h21-22,25,29-31,96H,3-20,23-24,27-28,32-33H2,1-2H3.